The second kappa shape index (κ2) is 40.5. The molecule has 0 spiro atoms. The highest BCUT2D eigenvalue weighted by Crippen LogP contribution is 2.27. The summed E-state index contributed by atoms with van der Waals surface area (Å²) >= 11 is 0. The van der Waals surface area contributed by atoms with Crippen LogP contribution in [0.2, 0.25) is 0 Å². The van der Waals surface area contributed by atoms with Crippen molar-refractivity contribution < 1.29 is 52.8 Å². The number of imidazole rings is 1. The summed E-state index contributed by atoms with van der Waals surface area (Å²) in [6, 6.07) is -0.771. The first-order valence-corrected chi connectivity index (χ1v) is 25.2. The lowest BCUT2D eigenvalue weighted by molar-refractivity contribution is -0.143. The minimum atomic E-state index is -0.983. The molecule has 2 atom stereocenters. The van der Waals surface area contributed by atoms with Gasteiger partial charge < -0.3 is 45.4 Å². The zero-order valence-electron chi connectivity index (χ0n) is 41.1. The Balaban J connectivity index is 1.91. The molecule has 16 nitrogen and oxygen atoms in total. The van der Waals surface area contributed by atoms with Gasteiger partial charge in [0.2, 0.25) is 11.8 Å². The number of carboxylic acids is 1. The molecule has 16 heteroatoms. The quantitative estimate of drug-likeness (QED) is 0.0401. The Bertz CT molecular complexity index is 1430. The van der Waals surface area contributed by atoms with E-state index in [-0.39, 0.29) is 82.3 Å². The number of nitrogens with two attached hydrogens (primary N) is 1. The number of carbonyl (C=O) groups excluding carboxylic acids is 5. The number of Topliss-reactive ketones (excluding diaryl/α,β-unsaturated/α-hetero) is 3. The molecule has 66 heavy (non-hydrogen) atoms. The molecule has 0 aliphatic rings. The van der Waals surface area contributed by atoms with Gasteiger partial charge in [0.15, 0.2) is 5.78 Å². The van der Waals surface area contributed by atoms with E-state index < -0.39 is 23.3 Å². The third-order valence-corrected chi connectivity index (χ3v) is 11.7. The van der Waals surface area contributed by atoms with Crippen LogP contribution in [0.5, 0.6) is 0 Å². The summed E-state index contributed by atoms with van der Waals surface area (Å²) < 4.78 is 21.7. The number of aliphatic carboxylic acids is 1. The number of hydrogen-bond donors (Lipinski definition) is 5. The molecule has 2 amide bonds. The van der Waals surface area contributed by atoms with E-state index in [0.29, 0.717) is 77.0 Å². The highest BCUT2D eigenvalue weighted by Gasteiger charge is 2.33. The zero-order valence-corrected chi connectivity index (χ0v) is 41.1. The van der Waals surface area contributed by atoms with Gasteiger partial charge in [0.25, 0.3) is 0 Å². The van der Waals surface area contributed by atoms with Crippen molar-refractivity contribution in [3.63, 3.8) is 0 Å². The molecule has 0 radical (unpaired) electrons. The number of H-pyrrole nitrogens is 1. The van der Waals surface area contributed by atoms with E-state index in [2.05, 4.69) is 27.5 Å². The minimum absolute atomic E-state index is 0.0318. The van der Waals surface area contributed by atoms with Crippen molar-refractivity contribution in [3.8, 4) is 0 Å². The summed E-state index contributed by atoms with van der Waals surface area (Å²) in [6.45, 7) is 7.89. The number of aromatic nitrogens is 2. The van der Waals surface area contributed by atoms with Gasteiger partial charge >= 0.3 is 5.97 Å². The van der Waals surface area contributed by atoms with Crippen LogP contribution in [0.3, 0.4) is 0 Å². The van der Waals surface area contributed by atoms with Crippen molar-refractivity contribution >= 4 is 35.1 Å². The van der Waals surface area contributed by atoms with Gasteiger partial charge in [-0.25, -0.2) is 4.98 Å². The molecule has 0 saturated heterocycles. The molecule has 6 N–H and O–H groups in total. The molecule has 0 fully saturated rings. The number of carboxylic acid groups (broad SMARTS) is 1. The number of ketones is 3. The molecule has 1 rings (SSSR count). The van der Waals surface area contributed by atoms with E-state index in [1.54, 1.807) is 20.0 Å². The fourth-order valence-electron chi connectivity index (χ4n) is 7.52. The number of ether oxygens (including phenoxy) is 4. The van der Waals surface area contributed by atoms with Crippen molar-refractivity contribution in [3.05, 3.63) is 18.2 Å². The Morgan fingerprint density at radius 2 is 1.18 bits per heavy atom. The van der Waals surface area contributed by atoms with Crippen LogP contribution in [-0.4, -0.2) is 122 Å². The second-order valence-electron chi connectivity index (χ2n) is 18.3. The largest absolute Gasteiger partial charge is 0.481 e. The Morgan fingerprint density at radius 1 is 0.652 bits per heavy atom. The summed E-state index contributed by atoms with van der Waals surface area (Å²) in [5, 5.41) is 15.2. The van der Waals surface area contributed by atoms with E-state index in [0.717, 1.165) is 18.5 Å². The van der Waals surface area contributed by atoms with Gasteiger partial charge in [0.1, 0.15) is 24.8 Å². The minimum Gasteiger partial charge on any atom is -0.481 e. The number of rotatable bonds is 48. The smallest absolute Gasteiger partial charge is 0.306 e. The van der Waals surface area contributed by atoms with Crippen LogP contribution >= 0.6 is 0 Å². The Morgan fingerprint density at radius 3 is 1.74 bits per heavy atom. The van der Waals surface area contributed by atoms with E-state index >= 15 is 0 Å². The molecular formula is C50H89N5O11. The standard InChI is InChI=1S/C50H89N5O11/c1-4-5-6-7-8-9-10-11-12-13-14-15-16-17-18-23-43(56)24-21-29-63-31-33-65-39-48(60)54-28-30-64-32-34-66-38-47(59)53-27-20-19-22-41(49(61)62)25-26-46(58)50(2,3)36-45(57)44(51)35-42-37-52-40-55-42/h37,40-41,44H,4-36,38-39,51H2,1-3H3,(H,52,55)(H,53,59)(H,54,60)(H,61,62)/t41-,44+/m1/s1. The summed E-state index contributed by atoms with van der Waals surface area (Å²) in [6.07, 6.45) is 26.6. The Labute approximate surface area is 396 Å². The maximum atomic E-state index is 13.0. The van der Waals surface area contributed by atoms with Crippen LogP contribution in [0, 0.1) is 11.3 Å². The average molecular weight is 936 g/mol. The molecule has 0 aliphatic carbocycles. The number of nitrogens with one attached hydrogen (secondary N) is 3. The highest BCUT2D eigenvalue weighted by molar-refractivity contribution is 5.92. The number of nitrogens with zero attached hydrogens (tertiary/aromatic N) is 1. The lowest BCUT2D eigenvalue weighted by Crippen LogP contribution is -2.38. The van der Waals surface area contributed by atoms with Crippen LogP contribution in [0.15, 0.2) is 12.5 Å². The van der Waals surface area contributed by atoms with Gasteiger partial charge in [-0.05, 0) is 32.1 Å². The third-order valence-electron chi connectivity index (χ3n) is 11.7. The monoisotopic (exact) mass is 936 g/mol. The highest BCUT2D eigenvalue weighted by atomic mass is 16.5. The number of hydrogen-bond acceptors (Lipinski definition) is 12. The van der Waals surface area contributed by atoms with Crippen LogP contribution in [0.1, 0.15) is 181 Å². The summed E-state index contributed by atoms with van der Waals surface area (Å²) in [4.78, 5) is 80.6. The average Bonchev–Trinajstić information content (AvgIpc) is 3.80. The SMILES string of the molecule is CCCCCCCCCCCCCCCCCC(=O)CCCOCCOCC(=O)NCCOCCOCC(=O)NCCCC[C@H](CCC(=O)C(C)(C)CC(=O)[C@@H](N)Cc1cnc[nH]1)C(=O)O. The van der Waals surface area contributed by atoms with E-state index in [4.69, 9.17) is 24.7 Å². The molecule has 380 valence electrons. The van der Waals surface area contributed by atoms with Gasteiger partial charge in [-0.3, -0.25) is 28.8 Å². The summed E-state index contributed by atoms with van der Waals surface area (Å²) in [7, 11) is 0. The van der Waals surface area contributed by atoms with Crippen molar-refractivity contribution in [2.75, 3.05) is 65.9 Å². The second-order valence-corrected chi connectivity index (χ2v) is 18.3. The summed E-state index contributed by atoms with van der Waals surface area (Å²) in [5.74, 6) is -2.39. The molecule has 1 heterocycles. The summed E-state index contributed by atoms with van der Waals surface area (Å²) in [5.41, 5.74) is 5.80. The molecule has 0 aromatic carbocycles. The Kier molecular flexibility index (Phi) is 37.1. The number of amides is 2. The van der Waals surface area contributed by atoms with Gasteiger partial charge in [-0.1, -0.05) is 117 Å². The normalized spacial score (nSPS) is 12.5. The van der Waals surface area contributed by atoms with Crippen molar-refractivity contribution in [2.45, 2.75) is 187 Å². The molecule has 0 unspecified atom stereocenters. The fourth-order valence-corrected chi connectivity index (χ4v) is 7.52. The predicted molar refractivity (Wildman–Crippen MR) is 256 cm³/mol. The number of unbranched alkanes of at least 4 members (excludes halogenated alkanes) is 15. The molecule has 0 aliphatic heterocycles. The number of aromatic amines is 1. The van der Waals surface area contributed by atoms with Gasteiger partial charge in [-0.2, -0.15) is 0 Å². The first-order valence-electron chi connectivity index (χ1n) is 25.2. The first kappa shape index (κ1) is 60.4. The lowest BCUT2D eigenvalue weighted by atomic mass is 9.78. The topological polar surface area (TPSA) is 238 Å². The van der Waals surface area contributed by atoms with Gasteiger partial charge in [-0.15, -0.1) is 0 Å². The van der Waals surface area contributed by atoms with Crippen LogP contribution < -0.4 is 16.4 Å². The van der Waals surface area contributed by atoms with Gasteiger partial charge in [0, 0.05) is 69.1 Å². The van der Waals surface area contributed by atoms with Crippen LogP contribution in [0.25, 0.3) is 0 Å². The molecular weight excluding hydrogens is 847 g/mol. The van der Waals surface area contributed by atoms with Crippen LogP contribution in [-0.2, 0) is 54.1 Å². The van der Waals surface area contributed by atoms with Gasteiger partial charge in [0.05, 0.1) is 51.3 Å². The van der Waals surface area contributed by atoms with Crippen LogP contribution in [0.4, 0.5) is 0 Å². The third kappa shape index (κ3) is 34.7. The molecule has 1 aromatic rings. The van der Waals surface area contributed by atoms with E-state index in [9.17, 15) is 33.9 Å². The lowest BCUT2D eigenvalue weighted by Gasteiger charge is -2.24. The van der Waals surface area contributed by atoms with Crippen molar-refractivity contribution in [2.24, 2.45) is 17.1 Å². The van der Waals surface area contributed by atoms with Crippen molar-refractivity contribution in [1.29, 1.82) is 0 Å². The van der Waals surface area contributed by atoms with Crippen molar-refractivity contribution in [1.82, 2.24) is 20.6 Å². The first-order chi connectivity index (χ1) is 31.9. The molecule has 0 saturated carbocycles. The molecule has 0 bridgehead atoms. The number of carbonyl (C=O) groups is 6. The fraction of sp³-hybridized carbons (Fsp3) is 0.820. The Hall–Kier alpha value is -3.57. The van der Waals surface area contributed by atoms with E-state index in [1.165, 1.54) is 89.8 Å². The molecule has 1 aromatic heterocycles. The maximum Gasteiger partial charge on any atom is 0.306 e. The predicted octanol–water partition coefficient (Wildman–Crippen LogP) is 7.39. The zero-order chi connectivity index (χ0) is 48.5. The maximum absolute atomic E-state index is 13.0. The van der Waals surface area contributed by atoms with E-state index in [1.807, 2.05) is 0 Å².